The molecule has 3 nitrogen and oxygen atoms in total. The normalized spacial score (nSPS) is 11.4. The van der Waals surface area contributed by atoms with E-state index in [-0.39, 0.29) is 0 Å². The summed E-state index contributed by atoms with van der Waals surface area (Å²) in [5.41, 5.74) is 4.23. The van der Waals surface area contributed by atoms with Gasteiger partial charge in [-0.2, -0.15) is 0 Å². The Hall–Kier alpha value is -1.56. The van der Waals surface area contributed by atoms with Crippen molar-refractivity contribution < 1.29 is 18.0 Å². The molecule has 0 unspecified atom stereocenters. The van der Waals surface area contributed by atoms with Gasteiger partial charge in [-0.3, -0.25) is 4.79 Å². The molecule has 1 aromatic carbocycles. The molecule has 0 spiro atoms. The van der Waals surface area contributed by atoms with Gasteiger partial charge < -0.3 is 11.1 Å². The van der Waals surface area contributed by atoms with E-state index in [1.165, 1.54) is 0 Å². The van der Waals surface area contributed by atoms with Gasteiger partial charge in [0.25, 0.3) is 0 Å². The molecule has 0 aliphatic heterocycles. The molecule has 0 aromatic heterocycles. The zero-order valence-electron chi connectivity index (χ0n) is 10.2. The smallest absolute Gasteiger partial charge is 0.244 e. The third-order valence-corrected chi connectivity index (χ3v) is 3.00. The Morgan fingerprint density at radius 1 is 1.22 bits per heavy atom. The maximum atomic E-state index is 13.3. The van der Waals surface area contributed by atoms with E-state index in [1.54, 1.807) is 13.8 Å². The standard InChI is InChI=1S/C12H15F3N2O/c1-3-12(16,4-2)11(18)17-8-6-5-7(13)9(14)10(8)15/h5-6H,3-4,16H2,1-2H3,(H,17,18). The van der Waals surface area contributed by atoms with Crippen LogP contribution in [0.5, 0.6) is 0 Å². The van der Waals surface area contributed by atoms with Crippen molar-refractivity contribution in [2.45, 2.75) is 32.2 Å². The number of carbonyl (C=O) groups is 1. The van der Waals surface area contributed by atoms with Crippen LogP contribution in [-0.4, -0.2) is 11.4 Å². The van der Waals surface area contributed by atoms with E-state index in [9.17, 15) is 18.0 Å². The first-order valence-corrected chi connectivity index (χ1v) is 5.59. The van der Waals surface area contributed by atoms with Crippen molar-refractivity contribution in [3.8, 4) is 0 Å². The molecule has 0 aliphatic rings. The average molecular weight is 260 g/mol. The molecule has 100 valence electrons. The molecule has 1 aromatic rings. The maximum Gasteiger partial charge on any atom is 0.244 e. The topological polar surface area (TPSA) is 55.1 Å². The SMILES string of the molecule is CCC(N)(CC)C(=O)Nc1ccc(F)c(F)c1F. The van der Waals surface area contributed by atoms with Gasteiger partial charge in [-0.25, -0.2) is 13.2 Å². The minimum atomic E-state index is -1.62. The van der Waals surface area contributed by atoms with Crippen molar-refractivity contribution in [3.05, 3.63) is 29.6 Å². The summed E-state index contributed by atoms with van der Waals surface area (Å²) in [4.78, 5) is 11.8. The summed E-state index contributed by atoms with van der Waals surface area (Å²) >= 11 is 0. The van der Waals surface area contributed by atoms with Crippen molar-refractivity contribution in [1.82, 2.24) is 0 Å². The zero-order chi connectivity index (χ0) is 13.9. The van der Waals surface area contributed by atoms with E-state index in [0.717, 1.165) is 12.1 Å². The van der Waals surface area contributed by atoms with Crippen LogP contribution < -0.4 is 11.1 Å². The van der Waals surface area contributed by atoms with Crippen LogP contribution >= 0.6 is 0 Å². The molecule has 0 aliphatic carbocycles. The number of hydrogen-bond acceptors (Lipinski definition) is 2. The van der Waals surface area contributed by atoms with Gasteiger partial charge in [-0.1, -0.05) is 13.8 Å². The summed E-state index contributed by atoms with van der Waals surface area (Å²) in [7, 11) is 0. The predicted molar refractivity (Wildman–Crippen MR) is 62.4 cm³/mol. The van der Waals surface area contributed by atoms with E-state index < -0.39 is 34.6 Å². The molecular weight excluding hydrogens is 245 g/mol. The van der Waals surface area contributed by atoms with Gasteiger partial charge >= 0.3 is 0 Å². The summed E-state index contributed by atoms with van der Waals surface area (Å²) in [6, 6.07) is 1.70. The van der Waals surface area contributed by atoms with Gasteiger partial charge in [-0.15, -0.1) is 0 Å². The number of amides is 1. The molecule has 0 fully saturated rings. The molecule has 6 heteroatoms. The Kier molecular flexibility index (Phi) is 4.34. The minimum Gasteiger partial charge on any atom is -0.322 e. The van der Waals surface area contributed by atoms with Crippen molar-refractivity contribution >= 4 is 11.6 Å². The van der Waals surface area contributed by atoms with Crippen LogP contribution in [0.4, 0.5) is 18.9 Å². The summed E-state index contributed by atoms with van der Waals surface area (Å²) < 4.78 is 39.0. The highest BCUT2D eigenvalue weighted by molar-refractivity contribution is 5.97. The second-order valence-electron chi connectivity index (χ2n) is 4.04. The lowest BCUT2D eigenvalue weighted by Crippen LogP contribution is -2.50. The highest BCUT2D eigenvalue weighted by Crippen LogP contribution is 2.21. The number of hydrogen-bond donors (Lipinski definition) is 2. The predicted octanol–water partition coefficient (Wildman–Crippen LogP) is 2.56. The quantitative estimate of drug-likeness (QED) is 0.817. The second kappa shape index (κ2) is 5.39. The molecule has 0 atom stereocenters. The highest BCUT2D eigenvalue weighted by atomic mass is 19.2. The van der Waals surface area contributed by atoms with Gasteiger partial charge in [-0.05, 0) is 25.0 Å². The van der Waals surface area contributed by atoms with Crippen LogP contribution in [0.2, 0.25) is 0 Å². The lowest BCUT2D eigenvalue weighted by molar-refractivity contribution is -0.121. The third-order valence-electron chi connectivity index (χ3n) is 3.00. The van der Waals surface area contributed by atoms with Crippen LogP contribution in [0, 0.1) is 17.5 Å². The van der Waals surface area contributed by atoms with E-state index >= 15 is 0 Å². The zero-order valence-corrected chi connectivity index (χ0v) is 10.2. The minimum absolute atomic E-state index is 0.348. The number of rotatable bonds is 4. The molecule has 1 rings (SSSR count). The monoisotopic (exact) mass is 260 g/mol. The van der Waals surface area contributed by atoms with E-state index in [0.29, 0.717) is 12.8 Å². The third kappa shape index (κ3) is 2.64. The number of halogens is 3. The van der Waals surface area contributed by atoms with E-state index in [1.807, 2.05) is 0 Å². The fourth-order valence-electron chi connectivity index (χ4n) is 1.44. The van der Waals surface area contributed by atoms with Crippen LogP contribution in [0.25, 0.3) is 0 Å². The number of benzene rings is 1. The Balaban J connectivity index is 2.99. The van der Waals surface area contributed by atoms with E-state index in [4.69, 9.17) is 5.73 Å². The molecule has 3 N–H and O–H groups in total. The molecule has 1 amide bonds. The fraction of sp³-hybridized carbons (Fsp3) is 0.417. The van der Waals surface area contributed by atoms with Gasteiger partial charge in [0.1, 0.15) is 0 Å². The van der Waals surface area contributed by atoms with Crippen LogP contribution in [0.1, 0.15) is 26.7 Å². The number of nitrogens with one attached hydrogen (secondary N) is 1. The van der Waals surface area contributed by atoms with E-state index in [2.05, 4.69) is 5.32 Å². The highest BCUT2D eigenvalue weighted by Gasteiger charge is 2.30. The van der Waals surface area contributed by atoms with Crippen LogP contribution in [0.15, 0.2) is 12.1 Å². The van der Waals surface area contributed by atoms with Crippen molar-refractivity contribution in [3.63, 3.8) is 0 Å². The first-order chi connectivity index (χ1) is 8.35. The number of anilines is 1. The number of carbonyl (C=O) groups excluding carboxylic acids is 1. The maximum absolute atomic E-state index is 13.3. The molecule has 0 saturated carbocycles. The van der Waals surface area contributed by atoms with Crippen molar-refractivity contribution in [2.24, 2.45) is 5.73 Å². The first kappa shape index (κ1) is 14.5. The summed E-state index contributed by atoms with van der Waals surface area (Å²) in [5.74, 6) is -4.99. The molecule has 0 heterocycles. The second-order valence-corrected chi connectivity index (χ2v) is 4.04. The van der Waals surface area contributed by atoms with Gasteiger partial charge in [0, 0.05) is 0 Å². The summed E-state index contributed by atoms with van der Waals surface area (Å²) in [6.45, 7) is 3.43. The molecular formula is C12H15F3N2O. The Morgan fingerprint density at radius 3 is 2.28 bits per heavy atom. The Morgan fingerprint density at radius 2 is 1.78 bits per heavy atom. The molecule has 0 saturated heterocycles. The first-order valence-electron chi connectivity index (χ1n) is 5.59. The summed E-state index contributed by atoms with van der Waals surface area (Å²) in [6.07, 6.45) is 0.696. The average Bonchev–Trinajstić information content (AvgIpc) is 2.38. The molecule has 0 radical (unpaired) electrons. The largest absolute Gasteiger partial charge is 0.322 e. The number of nitrogens with two attached hydrogens (primary N) is 1. The molecule has 18 heavy (non-hydrogen) atoms. The molecule has 0 bridgehead atoms. The lowest BCUT2D eigenvalue weighted by Gasteiger charge is -2.25. The fourth-order valence-corrected chi connectivity index (χ4v) is 1.44. The Labute approximate surface area is 103 Å². The lowest BCUT2D eigenvalue weighted by atomic mass is 9.93. The van der Waals surface area contributed by atoms with Crippen molar-refractivity contribution in [1.29, 1.82) is 0 Å². The van der Waals surface area contributed by atoms with Gasteiger partial charge in [0.05, 0.1) is 11.2 Å². The van der Waals surface area contributed by atoms with Gasteiger partial charge in [0.2, 0.25) is 5.91 Å². The summed E-state index contributed by atoms with van der Waals surface area (Å²) in [5, 5.41) is 2.18. The van der Waals surface area contributed by atoms with Gasteiger partial charge in [0.15, 0.2) is 17.5 Å². The Bertz CT molecular complexity index is 459. The van der Waals surface area contributed by atoms with Crippen LogP contribution in [-0.2, 0) is 4.79 Å². The van der Waals surface area contributed by atoms with Crippen molar-refractivity contribution in [2.75, 3.05) is 5.32 Å². The van der Waals surface area contributed by atoms with Crippen LogP contribution in [0.3, 0.4) is 0 Å².